The molecule has 0 aromatic carbocycles. The highest BCUT2D eigenvalue weighted by Gasteiger charge is 2.33. The Morgan fingerprint density at radius 2 is 2.36 bits per heavy atom. The molecule has 1 nitrogen and oxygen atoms in total. The fraction of sp³-hybridized carbons (Fsp3) is 0.833. The minimum absolute atomic E-state index is 0.535. The number of ether oxygens (including phenoxy) is 1. The highest BCUT2D eigenvalue weighted by atomic mass is 79.9. The Morgan fingerprint density at radius 1 is 1.43 bits per heavy atom. The number of allylic oxidation sites excluding steroid dienone is 2. The Labute approximate surface area is 95.0 Å². The summed E-state index contributed by atoms with van der Waals surface area (Å²) < 4.78 is 5.45. The summed E-state index contributed by atoms with van der Waals surface area (Å²) in [6.07, 6.45) is 11.2. The van der Waals surface area contributed by atoms with E-state index in [1.165, 1.54) is 32.1 Å². The summed E-state index contributed by atoms with van der Waals surface area (Å²) in [4.78, 5) is 0. The van der Waals surface area contributed by atoms with Crippen LogP contribution < -0.4 is 0 Å². The second-order valence-electron chi connectivity index (χ2n) is 4.78. The standard InChI is InChI=1S/C12H19BrO/c13-10-12(5-2-1-3-6-12)8-11-4-7-14-9-11/h1-2,11H,3-10H2. The van der Waals surface area contributed by atoms with Crippen molar-refractivity contribution in [2.75, 3.05) is 18.5 Å². The van der Waals surface area contributed by atoms with E-state index in [0.717, 1.165) is 24.5 Å². The average Bonchev–Trinajstić information content (AvgIpc) is 2.72. The number of hydrogen-bond donors (Lipinski definition) is 0. The van der Waals surface area contributed by atoms with Gasteiger partial charge in [-0.3, -0.25) is 0 Å². The van der Waals surface area contributed by atoms with Gasteiger partial charge in [-0.2, -0.15) is 0 Å². The van der Waals surface area contributed by atoms with Gasteiger partial charge in [0.05, 0.1) is 0 Å². The normalized spacial score (nSPS) is 37.6. The van der Waals surface area contributed by atoms with E-state index >= 15 is 0 Å². The molecule has 2 atom stereocenters. The molecule has 0 bridgehead atoms. The zero-order valence-electron chi connectivity index (χ0n) is 8.68. The monoisotopic (exact) mass is 258 g/mol. The molecule has 0 spiro atoms. The molecule has 0 aromatic rings. The summed E-state index contributed by atoms with van der Waals surface area (Å²) in [6, 6.07) is 0. The van der Waals surface area contributed by atoms with Crippen LogP contribution in [0, 0.1) is 11.3 Å². The van der Waals surface area contributed by atoms with Crippen LogP contribution in [-0.4, -0.2) is 18.5 Å². The lowest BCUT2D eigenvalue weighted by molar-refractivity contribution is 0.163. The first-order valence-electron chi connectivity index (χ1n) is 5.63. The molecular formula is C12H19BrO. The van der Waals surface area contributed by atoms with Gasteiger partial charge < -0.3 is 4.74 Å². The molecule has 2 aliphatic rings. The Kier molecular flexibility index (Phi) is 3.67. The largest absolute Gasteiger partial charge is 0.381 e. The molecule has 0 N–H and O–H groups in total. The van der Waals surface area contributed by atoms with Gasteiger partial charge in [0.1, 0.15) is 0 Å². The van der Waals surface area contributed by atoms with E-state index in [9.17, 15) is 0 Å². The molecule has 1 fully saturated rings. The molecule has 14 heavy (non-hydrogen) atoms. The van der Waals surface area contributed by atoms with E-state index < -0.39 is 0 Å². The molecule has 1 aliphatic carbocycles. The summed E-state index contributed by atoms with van der Waals surface area (Å²) >= 11 is 3.70. The first-order chi connectivity index (χ1) is 6.85. The summed E-state index contributed by atoms with van der Waals surface area (Å²) in [5.74, 6) is 0.819. The highest BCUT2D eigenvalue weighted by molar-refractivity contribution is 9.09. The van der Waals surface area contributed by atoms with Crippen molar-refractivity contribution in [1.29, 1.82) is 0 Å². The molecule has 0 saturated carbocycles. The third kappa shape index (κ3) is 2.40. The van der Waals surface area contributed by atoms with Crippen molar-refractivity contribution in [3.63, 3.8) is 0 Å². The van der Waals surface area contributed by atoms with Crippen molar-refractivity contribution in [3.05, 3.63) is 12.2 Å². The SMILES string of the molecule is BrCC1(CC2CCOC2)CC=CCC1. The Hall–Kier alpha value is 0.180. The third-order valence-electron chi connectivity index (χ3n) is 3.59. The minimum Gasteiger partial charge on any atom is -0.381 e. The van der Waals surface area contributed by atoms with Crippen molar-refractivity contribution in [3.8, 4) is 0 Å². The Bertz CT molecular complexity index is 208. The summed E-state index contributed by atoms with van der Waals surface area (Å²) in [6.45, 7) is 1.98. The zero-order valence-corrected chi connectivity index (χ0v) is 10.3. The molecule has 1 saturated heterocycles. The predicted octanol–water partition coefficient (Wildman–Crippen LogP) is 3.53. The second-order valence-corrected chi connectivity index (χ2v) is 5.34. The molecule has 80 valence electrons. The molecule has 0 aromatic heterocycles. The maximum atomic E-state index is 5.45. The molecule has 2 unspecified atom stereocenters. The van der Waals surface area contributed by atoms with Crippen LogP contribution >= 0.6 is 15.9 Å². The van der Waals surface area contributed by atoms with E-state index in [1.54, 1.807) is 0 Å². The fourth-order valence-electron chi connectivity index (χ4n) is 2.66. The number of alkyl halides is 1. The number of hydrogen-bond acceptors (Lipinski definition) is 1. The minimum atomic E-state index is 0.535. The van der Waals surface area contributed by atoms with Crippen molar-refractivity contribution < 1.29 is 4.74 Å². The zero-order chi connectivity index (χ0) is 9.86. The summed E-state index contributed by atoms with van der Waals surface area (Å²) in [5, 5.41) is 1.15. The van der Waals surface area contributed by atoms with Gasteiger partial charge in [0.2, 0.25) is 0 Å². The van der Waals surface area contributed by atoms with E-state index in [4.69, 9.17) is 4.74 Å². The van der Waals surface area contributed by atoms with Gasteiger partial charge in [-0.1, -0.05) is 28.1 Å². The summed E-state index contributed by atoms with van der Waals surface area (Å²) in [5.41, 5.74) is 0.535. The van der Waals surface area contributed by atoms with Gasteiger partial charge in [0.15, 0.2) is 0 Å². The molecule has 0 amide bonds. The Balaban J connectivity index is 1.93. The van der Waals surface area contributed by atoms with Gasteiger partial charge in [0.25, 0.3) is 0 Å². The van der Waals surface area contributed by atoms with Crippen LogP contribution in [0.1, 0.15) is 32.1 Å². The van der Waals surface area contributed by atoms with E-state index in [0.29, 0.717) is 5.41 Å². The van der Waals surface area contributed by atoms with Crippen LogP contribution in [0.25, 0.3) is 0 Å². The number of halogens is 1. The first kappa shape index (κ1) is 10.7. The van der Waals surface area contributed by atoms with Crippen LogP contribution in [0.4, 0.5) is 0 Å². The van der Waals surface area contributed by atoms with Gasteiger partial charge in [-0.05, 0) is 43.4 Å². The van der Waals surface area contributed by atoms with Crippen molar-refractivity contribution in [2.24, 2.45) is 11.3 Å². The summed E-state index contributed by atoms with van der Waals surface area (Å²) in [7, 11) is 0. The van der Waals surface area contributed by atoms with Crippen molar-refractivity contribution in [2.45, 2.75) is 32.1 Å². The quantitative estimate of drug-likeness (QED) is 0.556. The van der Waals surface area contributed by atoms with E-state index in [2.05, 4.69) is 28.1 Å². The lowest BCUT2D eigenvalue weighted by Crippen LogP contribution is -2.27. The first-order valence-corrected chi connectivity index (χ1v) is 6.75. The van der Waals surface area contributed by atoms with Gasteiger partial charge >= 0.3 is 0 Å². The smallest absolute Gasteiger partial charge is 0.0495 e. The molecule has 1 heterocycles. The van der Waals surface area contributed by atoms with Crippen LogP contribution in [0.3, 0.4) is 0 Å². The van der Waals surface area contributed by atoms with Crippen molar-refractivity contribution in [1.82, 2.24) is 0 Å². The van der Waals surface area contributed by atoms with Gasteiger partial charge in [0, 0.05) is 18.5 Å². The molecular weight excluding hydrogens is 240 g/mol. The molecule has 2 rings (SSSR count). The maximum absolute atomic E-state index is 5.45. The fourth-order valence-corrected chi connectivity index (χ4v) is 3.40. The van der Waals surface area contributed by atoms with Crippen LogP contribution in [0.15, 0.2) is 12.2 Å². The maximum Gasteiger partial charge on any atom is 0.0495 e. The number of rotatable bonds is 3. The van der Waals surface area contributed by atoms with E-state index in [1.807, 2.05) is 0 Å². The third-order valence-corrected chi connectivity index (χ3v) is 4.78. The van der Waals surface area contributed by atoms with Crippen LogP contribution in [0.2, 0.25) is 0 Å². The average molecular weight is 259 g/mol. The Morgan fingerprint density at radius 3 is 2.93 bits per heavy atom. The van der Waals surface area contributed by atoms with Gasteiger partial charge in [-0.15, -0.1) is 0 Å². The highest BCUT2D eigenvalue weighted by Crippen LogP contribution is 2.41. The topological polar surface area (TPSA) is 9.23 Å². The van der Waals surface area contributed by atoms with E-state index in [-0.39, 0.29) is 0 Å². The van der Waals surface area contributed by atoms with Crippen molar-refractivity contribution >= 4 is 15.9 Å². The molecule has 2 heteroatoms. The van der Waals surface area contributed by atoms with Crippen LogP contribution in [-0.2, 0) is 4.74 Å². The lowest BCUT2D eigenvalue weighted by Gasteiger charge is -2.35. The van der Waals surface area contributed by atoms with Crippen LogP contribution in [0.5, 0.6) is 0 Å². The second kappa shape index (κ2) is 4.80. The van der Waals surface area contributed by atoms with Gasteiger partial charge in [-0.25, -0.2) is 0 Å². The predicted molar refractivity (Wildman–Crippen MR) is 62.8 cm³/mol. The molecule has 1 aliphatic heterocycles. The lowest BCUT2D eigenvalue weighted by atomic mass is 9.72. The molecule has 0 radical (unpaired) electrons.